The van der Waals surface area contributed by atoms with E-state index in [1.54, 1.807) is 4.68 Å². The Kier molecular flexibility index (Phi) is 7.28. The summed E-state index contributed by atoms with van der Waals surface area (Å²) >= 11 is 0. The normalized spacial score (nSPS) is 22.5. The molecule has 1 aliphatic heterocycles. The largest absolute Gasteiger partial charge is 0.369 e. The standard InChI is InChI=1S/C32H34N6O3S/c1-22-6-11-29(24(18-22)19-33)38-20-28(23-7-9-25(10-8-23)37-14-16-42(40,41)17-15-37)30(36-38)26-4-2-3-5-27(26)31(39)35-32(21-34)12-13-32/h6-11,18,20,26-27H,2-5,12-17H2,1H3,(H,35,39)/t26-,27-/m1/s1. The summed E-state index contributed by atoms with van der Waals surface area (Å²) in [4.78, 5) is 15.6. The van der Waals surface area contributed by atoms with Crippen molar-refractivity contribution in [2.75, 3.05) is 29.5 Å². The van der Waals surface area contributed by atoms with Crippen molar-refractivity contribution in [3.05, 3.63) is 65.5 Å². The van der Waals surface area contributed by atoms with Crippen LogP contribution in [-0.4, -0.2) is 54.2 Å². The molecule has 6 rings (SSSR count). The summed E-state index contributed by atoms with van der Waals surface area (Å²) in [5.74, 6) is -0.201. The fraction of sp³-hybridized carbons (Fsp3) is 0.438. The molecule has 1 N–H and O–H groups in total. The van der Waals surface area contributed by atoms with Crippen LogP contribution in [0, 0.1) is 35.5 Å². The fourth-order valence-corrected chi connectivity index (χ4v) is 7.46. The molecule has 2 aliphatic carbocycles. The Balaban J connectivity index is 1.38. The van der Waals surface area contributed by atoms with Gasteiger partial charge in [0.2, 0.25) is 5.91 Å². The van der Waals surface area contributed by atoms with Gasteiger partial charge in [-0.25, -0.2) is 13.1 Å². The number of aromatic nitrogens is 2. The average molecular weight is 583 g/mol. The van der Waals surface area contributed by atoms with Crippen molar-refractivity contribution in [2.45, 2.75) is 56.9 Å². The Morgan fingerprint density at radius 2 is 1.76 bits per heavy atom. The summed E-state index contributed by atoms with van der Waals surface area (Å²) in [6.07, 6.45) is 6.79. The third-order valence-corrected chi connectivity index (χ3v) is 10.5. The predicted octanol–water partition coefficient (Wildman–Crippen LogP) is 4.40. The molecule has 10 heteroatoms. The molecule has 9 nitrogen and oxygen atoms in total. The van der Waals surface area contributed by atoms with Gasteiger partial charge in [-0.3, -0.25) is 4.79 Å². The summed E-state index contributed by atoms with van der Waals surface area (Å²) in [5, 5.41) is 27.5. The Morgan fingerprint density at radius 3 is 2.43 bits per heavy atom. The van der Waals surface area contributed by atoms with Gasteiger partial charge in [0.05, 0.1) is 34.5 Å². The number of hydrogen-bond acceptors (Lipinski definition) is 7. The number of nitrogens with zero attached hydrogens (tertiary/aromatic N) is 5. The second kappa shape index (κ2) is 10.9. The van der Waals surface area contributed by atoms with Crippen LogP contribution in [0.4, 0.5) is 5.69 Å². The molecule has 216 valence electrons. The molecule has 0 radical (unpaired) electrons. The highest BCUT2D eigenvalue weighted by Gasteiger charge is 2.47. The monoisotopic (exact) mass is 582 g/mol. The molecule has 3 aromatic rings. The van der Waals surface area contributed by atoms with E-state index in [2.05, 4.69) is 22.4 Å². The van der Waals surface area contributed by atoms with Crippen LogP contribution < -0.4 is 10.2 Å². The highest BCUT2D eigenvalue weighted by atomic mass is 32.2. The number of benzene rings is 2. The molecule has 3 aliphatic rings. The van der Waals surface area contributed by atoms with Crippen molar-refractivity contribution in [2.24, 2.45) is 5.92 Å². The van der Waals surface area contributed by atoms with Crippen molar-refractivity contribution in [3.63, 3.8) is 0 Å². The third kappa shape index (κ3) is 5.52. The van der Waals surface area contributed by atoms with Crippen LogP contribution in [0.25, 0.3) is 16.8 Å². The van der Waals surface area contributed by atoms with Crippen molar-refractivity contribution in [1.82, 2.24) is 15.1 Å². The molecule has 2 heterocycles. The third-order valence-electron chi connectivity index (χ3n) is 8.93. The van der Waals surface area contributed by atoms with E-state index >= 15 is 0 Å². The lowest BCUT2D eigenvalue weighted by Crippen LogP contribution is -2.42. The number of hydrogen-bond donors (Lipinski definition) is 1. The minimum absolute atomic E-state index is 0.0808. The number of nitriles is 2. The van der Waals surface area contributed by atoms with E-state index < -0.39 is 15.4 Å². The molecule has 0 unspecified atom stereocenters. The van der Waals surface area contributed by atoms with Gasteiger partial charge in [-0.1, -0.05) is 31.0 Å². The van der Waals surface area contributed by atoms with Crippen molar-refractivity contribution < 1.29 is 13.2 Å². The zero-order valence-corrected chi connectivity index (χ0v) is 24.5. The lowest BCUT2D eigenvalue weighted by molar-refractivity contribution is -0.127. The lowest BCUT2D eigenvalue weighted by atomic mass is 9.75. The number of anilines is 1. The SMILES string of the molecule is Cc1ccc(-n2cc(-c3ccc(N4CCS(=O)(=O)CC4)cc3)c([C@@H]3CCCC[C@H]3C(=O)NC3(C#N)CC3)n2)c(C#N)c1. The smallest absolute Gasteiger partial charge is 0.225 e. The van der Waals surface area contributed by atoms with Crippen molar-refractivity contribution in [3.8, 4) is 29.0 Å². The van der Waals surface area contributed by atoms with E-state index in [0.717, 1.165) is 53.8 Å². The quantitative estimate of drug-likeness (QED) is 0.456. The summed E-state index contributed by atoms with van der Waals surface area (Å²) in [5.41, 5.74) is 5.09. The lowest BCUT2D eigenvalue weighted by Gasteiger charge is -2.31. The van der Waals surface area contributed by atoms with E-state index in [0.29, 0.717) is 37.2 Å². The van der Waals surface area contributed by atoms with Crippen LogP contribution >= 0.6 is 0 Å². The maximum Gasteiger partial charge on any atom is 0.225 e. The summed E-state index contributed by atoms with van der Waals surface area (Å²) in [6, 6.07) is 18.3. The number of carbonyl (C=O) groups excluding carboxylic acids is 1. The number of carbonyl (C=O) groups is 1. The maximum atomic E-state index is 13.5. The minimum atomic E-state index is -2.97. The van der Waals surface area contributed by atoms with Crippen LogP contribution in [0.5, 0.6) is 0 Å². The van der Waals surface area contributed by atoms with E-state index in [1.165, 1.54) is 0 Å². The second-order valence-corrected chi connectivity index (χ2v) is 14.2. The maximum absolute atomic E-state index is 13.5. The Bertz CT molecular complexity index is 1700. The minimum Gasteiger partial charge on any atom is -0.369 e. The average Bonchev–Trinajstić information content (AvgIpc) is 3.64. The van der Waals surface area contributed by atoms with Crippen molar-refractivity contribution >= 4 is 21.4 Å². The molecule has 1 aromatic heterocycles. The zero-order chi connectivity index (χ0) is 29.5. The van der Waals surface area contributed by atoms with E-state index in [1.807, 2.05) is 55.6 Å². The highest BCUT2D eigenvalue weighted by Crippen LogP contribution is 2.43. The Morgan fingerprint density at radius 1 is 1.05 bits per heavy atom. The van der Waals surface area contributed by atoms with Crippen LogP contribution in [0.2, 0.25) is 0 Å². The first kappa shape index (κ1) is 28.0. The van der Waals surface area contributed by atoms with E-state index in [9.17, 15) is 23.7 Å². The molecule has 2 aromatic carbocycles. The van der Waals surface area contributed by atoms with Gasteiger partial charge in [0.25, 0.3) is 0 Å². The van der Waals surface area contributed by atoms with Gasteiger partial charge >= 0.3 is 0 Å². The zero-order valence-electron chi connectivity index (χ0n) is 23.7. The predicted molar refractivity (Wildman–Crippen MR) is 160 cm³/mol. The Hall–Kier alpha value is -4.15. The summed E-state index contributed by atoms with van der Waals surface area (Å²) in [6.45, 7) is 2.89. The van der Waals surface area contributed by atoms with Crippen LogP contribution in [-0.2, 0) is 14.6 Å². The number of aryl methyl sites for hydroxylation is 1. The molecule has 42 heavy (non-hydrogen) atoms. The van der Waals surface area contributed by atoms with Gasteiger partial charge in [-0.05, 0) is 68.0 Å². The topological polar surface area (TPSA) is 132 Å². The second-order valence-electron chi connectivity index (χ2n) is 11.9. The highest BCUT2D eigenvalue weighted by molar-refractivity contribution is 7.91. The first-order chi connectivity index (χ1) is 20.2. The van der Waals surface area contributed by atoms with Gasteiger partial charge in [0, 0.05) is 42.4 Å². The van der Waals surface area contributed by atoms with Gasteiger partial charge in [-0.2, -0.15) is 15.6 Å². The van der Waals surface area contributed by atoms with Gasteiger partial charge in [0.15, 0.2) is 9.84 Å². The molecule has 2 atom stereocenters. The molecular formula is C32H34N6O3S. The molecule has 0 bridgehead atoms. The van der Waals surface area contributed by atoms with Crippen molar-refractivity contribution in [1.29, 1.82) is 10.5 Å². The Labute approximate surface area is 246 Å². The number of rotatable bonds is 6. The molecule has 1 amide bonds. The van der Waals surface area contributed by atoms with Crippen LogP contribution in [0.3, 0.4) is 0 Å². The number of nitrogens with one attached hydrogen (secondary N) is 1. The summed E-state index contributed by atoms with van der Waals surface area (Å²) < 4.78 is 25.6. The fourth-order valence-electron chi connectivity index (χ4n) is 6.26. The first-order valence-electron chi connectivity index (χ1n) is 14.6. The van der Waals surface area contributed by atoms with E-state index in [-0.39, 0.29) is 29.2 Å². The number of amides is 1. The molecular weight excluding hydrogens is 548 g/mol. The van der Waals surface area contributed by atoms with E-state index in [4.69, 9.17) is 5.10 Å². The van der Waals surface area contributed by atoms with Gasteiger partial charge < -0.3 is 10.2 Å². The molecule has 0 spiro atoms. The molecule has 1 saturated heterocycles. The van der Waals surface area contributed by atoms with Crippen LogP contribution in [0.15, 0.2) is 48.7 Å². The van der Waals surface area contributed by atoms with Gasteiger partial charge in [-0.15, -0.1) is 0 Å². The van der Waals surface area contributed by atoms with Crippen LogP contribution in [0.1, 0.15) is 61.3 Å². The van der Waals surface area contributed by atoms with Gasteiger partial charge in [0.1, 0.15) is 11.6 Å². The first-order valence-corrected chi connectivity index (χ1v) is 16.4. The molecule has 2 saturated carbocycles. The summed E-state index contributed by atoms with van der Waals surface area (Å²) in [7, 11) is -2.97. The molecule has 3 fully saturated rings. The number of sulfone groups is 1.